The zero-order valence-corrected chi connectivity index (χ0v) is 21.9. The van der Waals surface area contributed by atoms with Gasteiger partial charge in [0.25, 0.3) is 0 Å². The lowest BCUT2D eigenvalue weighted by molar-refractivity contribution is -0.260. The molecule has 0 saturated carbocycles. The molecule has 206 valence electrons. The molecule has 1 aromatic heterocycles. The van der Waals surface area contributed by atoms with E-state index in [0.717, 1.165) is 0 Å². The zero-order chi connectivity index (χ0) is 28.8. The Bertz CT molecular complexity index is 1540. The average Bonchev–Trinajstić information content (AvgIpc) is 3.27. The SMILES string of the molecule is Cc1cc(NCC(O)(CC(C)(C)c2cc(F)ccc2C)C(F)(F)F)c2cnn(-c3cccc(C(=O)O)c3)c2c1. The molecular formula is C29H29F4N3O3. The molecule has 4 aromatic rings. The molecule has 0 bridgehead atoms. The minimum Gasteiger partial charge on any atom is -0.478 e. The first-order chi connectivity index (χ1) is 18.1. The maximum Gasteiger partial charge on any atom is 0.418 e. The number of carboxylic acids is 1. The fraction of sp³-hybridized carbons (Fsp3) is 0.310. The Balaban J connectivity index is 1.69. The third-order valence-electron chi connectivity index (χ3n) is 6.93. The highest BCUT2D eigenvalue weighted by Crippen LogP contribution is 2.42. The second-order valence-electron chi connectivity index (χ2n) is 10.6. The third-order valence-corrected chi connectivity index (χ3v) is 6.93. The lowest BCUT2D eigenvalue weighted by Gasteiger charge is -2.38. The van der Waals surface area contributed by atoms with Crippen LogP contribution in [0, 0.1) is 19.7 Å². The predicted molar refractivity (Wildman–Crippen MR) is 141 cm³/mol. The summed E-state index contributed by atoms with van der Waals surface area (Å²) in [6, 6.07) is 13.5. The number of benzene rings is 3. The number of halogens is 4. The summed E-state index contributed by atoms with van der Waals surface area (Å²) in [5.74, 6) is -1.67. The van der Waals surface area contributed by atoms with E-state index in [0.29, 0.717) is 39.0 Å². The van der Waals surface area contributed by atoms with Crippen molar-refractivity contribution in [1.29, 1.82) is 0 Å². The molecule has 6 nitrogen and oxygen atoms in total. The number of carbonyl (C=O) groups is 1. The number of anilines is 1. The standard InChI is InChI=1S/C29H29F4N3O3/c1-17-10-24(22-14-35-36(25(22)11-17)21-7-5-6-19(12-21)26(37)38)34-16-28(39,29(31,32)33)15-27(3,4)23-13-20(30)9-8-18(23)2/h5-14,34,39H,15-16H2,1-4H3,(H,37,38). The molecule has 0 fully saturated rings. The van der Waals surface area contributed by atoms with Crippen molar-refractivity contribution in [3.8, 4) is 5.69 Å². The molecule has 0 radical (unpaired) electrons. The van der Waals surface area contributed by atoms with Crippen LogP contribution in [-0.2, 0) is 5.41 Å². The minimum atomic E-state index is -4.98. The topological polar surface area (TPSA) is 87.4 Å². The van der Waals surface area contributed by atoms with Gasteiger partial charge in [-0.05, 0) is 84.8 Å². The predicted octanol–water partition coefficient (Wildman–Crippen LogP) is 6.55. The van der Waals surface area contributed by atoms with Crippen LogP contribution in [-0.4, -0.2) is 44.3 Å². The van der Waals surface area contributed by atoms with Crippen LogP contribution in [0.2, 0.25) is 0 Å². The van der Waals surface area contributed by atoms with Gasteiger partial charge in [0, 0.05) is 11.1 Å². The Morgan fingerprint density at radius 1 is 1.05 bits per heavy atom. The van der Waals surface area contributed by atoms with E-state index in [1.54, 1.807) is 52.0 Å². The highest BCUT2D eigenvalue weighted by Gasteiger charge is 2.56. The number of rotatable bonds is 8. The molecule has 3 N–H and O–H groups in total. The second kappa shape index (κ2) is 10.00. The molecule has 3 aromatic carbocycles. The molecule has 1 atom stereocenters. The number of nitrogens with one attached hydrogen (secondary N) is 1. The summed E-state index contributed by atoms with van der Waals surface area (Å²) in [5, 5.41) is 28.0. The summed E-state index contributed by atoms with van der Waals surface area (Å²) in [6.45, 7) is 5.69. The van der Waals surface area contributed by atoms with Crippen LogP contribution in [0.5, 0.6) is 0 Å². The van der Waals surface area contributed by atoms with Crippen LogP contribution in [0.3, 0.4) is 0 Å². The second-order valence-corrected chi connectivity index (χ2v) is 10.6. The van der Waals surface area contributed by atoms with Crippen molar-refractivity contribution in [2.45, 2.75) is 51.3 Å². The van der Waals surface area contributed by atoms with Gasteiger partial charge in [0.15, 0.2) is 5.60 Å². The molecular weight excluding hydrogens is 514 g/mol. The van der Waals surface area contributed by atoms with E-state index in [2.05, 4.69) is 10.4 Å². The Morgan fingerprint density at radius 2 is 1.77 bits per heavy atom. The fourth-order valence-corrected chi connectivity index (χ4v) is 5.04. The molecule has 0 saturated heterocycles. The van der Waals surface area contributed by atoms with Gasteiger partial charge in [0.1, 0.15) is 5.82 Å². The molecule has 10 heteroatoms. The Hall–Kier alpha value is -3.92. The number of hydrogen-bond acceptors (Lipinski definition) is 4. The van der Waals surface area contributed by atoms with Gasteiger partial charge in [0.05, 0.1) is 29.5 Å². The summed E-state index contributed by atoms with van der Waals surface area (Å²) < 4.78 is 58.4. The van der Waals surface area contributed by atoms with Gasteiger partial charge in [-0.15, -0.1) is 0 Å². The van der Waals surface area contributed by atoms with Gasteiger partial charge in [-0.2, -0.15) is 18.3 Å². The molecule has 0 aliphatic heterocycles. The van der Waals surface area contributed by atoms with E-state index >= 15 is 0 Å². The fourth-order valence-electron chi connectivity index (χ4n) is 5.04. The number of aliphatic hydroxyl groups is 1. The van der Waals surface area contributed by atoms with Crippen molar-refractivity contribution in [2.24, 2.45) is 0 Å². The monoisotopic (exact) mass is 543 g/mol. The van der Waals surface area contributed by atoms with Crippen molar-refractivity contribution in [2.75, 3.05) is 11.9 Å². The highest BCUT2D eigenvalue weighted by atomic mass is 19.4. The maximum atomic E-state index is 14.3. The number of hydrogen-bond donors (Lipinski definition) is 3. The number of fused-ring (bicyclic) bond motifs is 1. The number of alkyl halides is 3. The summed E-state index contributed by atoms with van der Waals surface area (Å²) in [4.78, 5) is 11.4. The summed E-state index contributed by atoms with van der Waals surface area (Å²) in [5.41, 5.74) is -1.22. The largest absolute Gasteiger partial charge is 0.478 e. The normalized spacial score (nSPS) is 13.9. The van der Waals surface area contributed by atoms with Crippen molar-refractivity contribution < 1.29 is 32.6 Å². The molecule has 1 heterocycles. The minimum absolute atomic E-state index is 0.0635. The first-order valence-electron chi connectivity index (χ1n) is 12.2. The summed E-state index contributed by atoms with van der Waals surface area (Å²) in [6.07, 6.45) is -4.23. The molecule has 0 amide bonds. The third kappa shape index (κ3) is 5.61. The summed E-state index contributed by atoms with van der Waals surface area (Å²) >= 11 is 0. The van der Waals surface area contributed by atoms with E-state index in [1.807, 2.05) is 0 Å². The van der Waals surface area contributed by atoms with Gasteiger partial charge in [-0.1, -0.05) is 26.0 Å². The quantitative estimate of drug-likeness (QED) is 0.219. The average molecular weight is 544 g/mol. The van der Waals surface area contributed by atoms with Crippen LogP contribution in [0.25, 0.3) is 16.6 Å². The molecule has 1 unspecified atom stereocenters. The van der Waals surface area contributed by atoms with E-state index in [-0.39, 0.29) is 5.56 Å². The van der Waals surface area contributed by atoms with Crippen LogP contribution in [0.4, 0.5) is 23.2 Å². The van der Waals surface area contributed by atoms with Crippen molar-refractivity contribution in [3.05, 3.63) is 88.9 Å². The van der Waals surface area contributed by atoms with Crippen LogP contribution in [0.15, 0.2) is 60.8 Å². The molecule has 4 rings (SSSR count). The Morgan fingerprint density at radius 3 is 2.44 bits per heavy atom. The first-order valence-corrected chi connectivity index (χ1v) is 12.2. The number of carboxylic acid groups (broad SMARTS) is 1. The molecule has 0 aliphatic rings. The lowest BCUT2D eigenvalue weighted by atomic mass is 9.73. The van der Waals surface area contributed by atoms with Gasteiger partial charge in [-0.3, -0.25) is 0 Å². The molecule has 0 spiro atoms. The van der Waals surface area contributed by atoms with Crippen molar-refractivity contribution >= 4 is 22.6 Å². The van der Waals surface area contributed by atoms with Crippen LogP contribution in [0.1, 0.15) is 47.3 Å². The first kappa shape index (κ1) is 28.1. The van der Waals surface area contributed by atoms with Crippen molar-refractivity contribution in [3.63, 3.8) is 0 Å². The molecule has 39 heavy (non-hydrogen) atoms. The van der Waals surface area contributed by atoms with Gasteiger partial charge in [0.2, 0.25) is 0 Å². The van der Waals surface area contributed by atoms with E-state index in [9.17, 15) is 32.6 Å². The number of nitrogens with zero attached hydrogens (tertiary/aromatic N) is 2. The van der Waals surface area contributed by atoms with Crippen LogP contribution >= 0.6 is 0 Å². The number of aryl methyl sites for hydroxylation is 2. The van der Waals surface area contributed by atoms with Gasteiger partial charge in [-0.25, -0.2) is 13.9 Å². The number of aromatic nitrogens is 2. The lowest BCUT2D eigenvalue weighted by Crippen LogP contribution is -2.53. The van der Waals surface area contributed by atoms with E-state index < -0.39 is 41.9 Å². The Labute approximate surface area is 222 Å². The van der Waals surface area contributed by atoms with Gasteiger partial charge < -0.3 is 15.5 Å². The highest BCUT2D eigenvalue weighted by molar-refractivity contribution is 5.93. The summed E-state index contributed by atoms with van der Waals surface area (Å²) in [7, 11) is 0. The van der Waals surface area contributed by atoms with Crippen LogP contribution < -0.4 is 5.32 Å². The zero-order valence-electron chi connectivity index (χ0n) is 21.9. The Kier molecular flexibility index (Phi) is 7.20. The number of aromatic carboxylic acids is 1. The maximum absolute atomic E-state index is 14.3. The van der Waals surface area contributed by atoms with Crippen molar-refractivity contribution in [1.82, 2.24) is 9.78 Å². The molecule has 0 aliphatic carbocycles. The smallest absolute Gasteiger partial charge is 0.418 e. The van der Waals surface area contributed by atoms with E-state index in [4.69, 9.17) is 0 Å². The van der Waals surface area contributed by atoms with E-state index in [1.165, 1.54) is 41.2 Å². The van der Waals surface area contributed by atoms with Gasteiger partial charge >= 0.3 is 12.1 Å².